The summed E-state index contributed by atoms with van der Waals surface area (Å²) >= 11 is 0. The zero-order valence-corrected chi connectivity index (χ0v) is 7.57. The summed E-state index contributed by atoms with van der Waals surface area (Å²) in [4.78, 5) is 10.8. The number of carboxylic acids is 1. The van der Waals surface area contributed by atoms with Crippen molar-refractivity contribution in [1.82, 2.24) is 0 Å². The largest absolute Gasteiger partial charge is 0.507 e. The van der Waals surface area contributed by atoms with Gasteiger partial charge < -0.3 is 10.2 Å². The third-order valence-corrected chi connectivity index (χ3v) is 2.19. The molecule has 0 saturated heterocycles. The molecule has 0 atom stereocenters. The Bertz CT molecular complexity index is 549. The van der Waals surface area contributed by atoms with Gasteiger partial charge in [0.25, 0.3) is 0 Å². The second-order valence-electron chi connectivity index (χ2n) is 3.13. The van der Waals surface area contributed by atoms with Gasteiger partial charge in [0.2, 0.25) is 0 Å². The number of carbonyl (C=O) groups is 1. The first-order chi connectivity index (χ1) is 7.09. The van der Waals surface area contributed by atoms with Crippen molar-refractivity contribution in [2.75, 3.05) is 0 Å². The smallest absolute Gasteiger partial charge is 0.336 e. The lowest BCUT2D eigenvalue weighted by Gasteiger charge is -2.04. The lowest BCUT2D eigenvalue weighted by molar-refractivity contribution is 0.0699. The van der Waals surface area contributed by atoms with E-state index in [4.69, 9.17) is 5.11 Å². The normalized spacial score (nSPS) is 10.5. The van der Waals surface area contributed by atoms with Crippen LogP contribution in [0.25, 0.3) is 10.8 Å². The summed E-state index contributed by atoms with van der Waals surface area (Å²) in [6, 6.07) is 6.14. The predicted molar refractivity (Wildman–Crippen MR) is 52.5 cm³/mol. The van der Waals surface area contributed by atoms with Crippen LogP contribution in [0.1, 0.15) is 10.4 Å². The fraction of sp³-hybridized carbons (Fsp3) is 0. The summed E-state index contributed by atoms with van der Waals surface area (Å²) in [5.74, 6) is -1.75. The van der Waals surface area contributed by atoms with Gasteiger partial charge in [-0.1, -0.05) is 6.07 Å². The van der Waals surface area contributed by atoms with Crippen LogP contribution in [-0.4, -0.2) is 16.2 Å². The standard InChI is InChI=1S/C11H7FO3/c12-6-1-2-7-8(11(14)15)3-4-10(13)9(7)5-6/h1-5,13H,(H,14,15). The number of hydrogen-bond donors (Lipinski definition) is 2. The summed E-state index contributed by atoms with van der Waals surface area (Å²) in [7, 11) is 0. The minimum Gasteiger partial charge on any atom is -0.507 e. The Morgan fingerprint density at radius 2 is 1.87 bits per heavy atom. The van der Waals surface area contributed by atoms with E-state index in [1.165, 1.54) is 18.2 Å². The number of aromatic hydroxyl groups is 1. The quantitative estimate of drug-likeness (QED) is 0.753. The van der Waals surface area contributed by atoms with Gasteiger partial charge in [0.05, 0.1) is 5.56 Å². The third kappa shape index (κ3) is 1.50. The number of rotatable bonds is 1. The maximum absolute atomic E-state index is 12.9. The average molecular weight is 206 g/mol. The molecule has 76 valence electrons. The predicted octanol–water partition coefficient (Wildman–Crippen LogP) is 2.38. The van der Waals surface area contributed by atoms with Gasteiger partial charge in [0, 0.05) is 10.8 Å². The van der Waals surface area contributed by atoms with Gasteiger partial charge in [-0.05, 0) is 24.3 Å². The molecule has 4 heteroatoms. The number of phenolic OH excluding ortho intramolecular Hbond substituents is 1. The molecule has 2 aromatic carbocycles. The van der Waals surface area contributed by atoms with Crippen molar-refractivity contribution >= 4 is 16.7 Å². The third-order valence-electron chi connectivity index (χ3n) is 2.19. The molecule has 0 fully saturated rings. The topological polar surface area (TPSA) is 57.5 Å². The van der Waals surface area contributed by atoms with Crippen LogP contribution in [0.5, 0.6) is 5.75 Å². The van der Waals surface area contributed by atoms with E-state index < -0.39 is 11.8 Å². The van der Waals surface area contributed by atoms with E-state index in [0.29, 0.717) is 5.39 Å². The van der Waals surface area contributed by atoms with Crippen LogP contribution in [-0.2, 0) is 0 Å². The fourth-order valence-corrected chi connectivity index (χ4v) is 1.49. The molecule has 0 bridgehead atoms. The van der Waals surface area contributed by atoms with Crippen LogP contribution < -0.4 is 0 Å². The molecule has 0 radical (unpaired) electrons. The van der Waals surface area contributed by atoms with Gasteiger partial charge in [-0.15, -0.1) is 0 Å². The fourth-order valence-electron chi connectivity index (χ4n) is 1.49. The molecule has 0 aliphatic heterocycles. The first-order valence-corrected chi connectivity index (χ1v) is 4.24. The number of aromatic carboxylic acids is 1. The van der Waals surface area contributed by atoms with E-state index in [1.807, 2.05) is 0 Å². The second kappa shape index (κ2) is 3.24. The molecule has 2 aromatic rings. The number of halogens is 1. The highest BCUT2D eigenvalue weighted by Gasteiger charge is 2.11. The van der Waals surface area contributed by atoms with E-state index in [9.17, 15) is 14.3 Å². The van der Waals surface area contributed by atoms with Crippen LogP contribution in [0.4, 0.5) is 4.39 Å². The minimum absolute atomic E-state index is 0.0443. The molecule has 3 nitrogen and oxygen atoms in total. The van der Waals surface area contributed by atoms with E-state index in [0.717, 1.165) is 12.1 Å². The zero-order chi connectivity index (χ0) is 11.0. The molecular weight excluding hydrogens is 199 g/mol. The molecule has 0 aliphatic carbocycles. The summed E-state index contributed by atoms with van der Waals surface area (Å²) in [5.41, 5.74) is 0.0443. The molecule has 2 N–H and O–H groups in total. The lowest BCUT2D eigenvalue weighted by Crippen LogP contribution is -1.97. The highest BCUT2D eigenvalue weighted by atomic mass is 19.1. The Hall–Kier alpha value is -2.10. The van der Waals surface area contributed by atoms with Crippen LogP contribution in [0.2, 0.25) is 0 Å². The van der Waals surface area contributed by atoms with Crippen LogP contribution in [0.15, 0.2) is 30.3 Å². The van der Waals surface area contributed by atoms with Gasteiger partial charge >= 0.3 is 5.97 Å². The van der Waals surface area contributed by atoms with Crippen LogP contribution in [0, 0.1) is 5.82 Å². The number of hydrogen-bond acceptors (Lipinski definition) is 2. The van der Waals surface area contributed by atoms with Crippen molar-refractivity contribution < 1.29 is 19.4 Å². The Morgan fingerprint density at radius 3 is 2.53 bits per heavy atom. The summed E-state index contributed by atoms with van der Waals surface area (Å²) in [5, 5.41) is 18.8. The van der Waals surface area contributed by atoms with Gasteiger partial charge in [-0.25, -0.2) is 9.18 Å². The van der Waals surface area contributed by atoms with Crippen molar-refractivity contribution in [3.8, 4) is 5.75 Å². The molecule has 0 unspecified atom stereocenters. The van der Waals surface area contributed by atoms with Gasteiger partial charge in [0.15, 0.2) is 0 Å². The average Bonchev–Trinajstić information content (AvgIpc) is 2.19. The first kappa shape index (κ1) is 9.45. The Kier molecular flexibility index (Phi) is 2.04. The van der Waals surface area contributed by atoms with E-state index in [-0.39, 0.29) is 16.7 Å². The zero-order valence-electron chi connectivity index (χ0n) is 7.57. The summed E-state index contributed by atoms with van der Waals surface area (Å²) in [6.07, 6.45) is 0. The lowest BCUT2D eigenvalue weighted by atomic mass is 10.0. The monoisotopic (exact) mass is 206 g/mol. The highest BCUT2D eigenvalue weighted by molar-refractivity contribution is 6.05. The number of fused-ring (bicyclic) bond motifs is 1. The maximum atomic E-state index is 12.9. The molecule has 0 aliphatic rings. The maximum Gasteiger partial charge on any atom is 0.336 e. The molecular formula is C11H7FO3. The van der Waals surface area contributed by atoms with Gasteiger partial charge in [-0.2, -0.15) is 0 Å². The second-order valence-corrected chi connectivity index (χ2v) is 3.13. The van der Waals surface area contributed by atoms with E-state index in [2.05, 4.69) is 0 Å². The molecule has 2 rings (SSSR count). The molecule has 0 amide bonds. The van der Waals surface area contributed by atoms with Gasteiger partial charge in [-0.3, -0.25) is 0 Å². The molecule has 0 spiro atoms. The van der Waals surface area contributed by atoms with Crippen LogP contribution >= 0.6 is 0 Å². The minimum atomic E-state index is -1.10. The Balaban J connectivity index is 2.88. The Morgan fingerprint density at radius 1 is 1.13 bits per heavy atom. The SMILES string of the molecule is O=C(O)c1ccc(O)c2cc(F)ccc12. The summed E-state index contributed by atoms with van der Waals surface area (Å²) < 4.78 is 12.9. The molecule has 0 aromatic heterocycles. The molecule has 0 heterocycles. The van der Waals surface area contributed by atoms with Crippen molar-refractivity contribution in [3.63, 3.8) is 0 Å². The van der Waals surface area contributed by atoms with E-state index >= 15 is 0 Å². The van der Waals surface area contributed by atoms with Crippen molar-refractivity contribution in [2.45, 2.75) is 0 Å². The number of carboxylic acid groups (broad SMARTS) is 1. The van der Waals surface area contributed by atoms with Crippen molar-refractivity contribution in [3.05, 3.63) is 41.7 Å². The van der Waals surface area contributed by atoms with Crippen molar-refractivity contribution in [1.29, 1.82) is 0 Å². The van der Waals surface area contributed by atoms with Crippen LogP contribution in [0.3, 0.4) is 0 Å². The number of phenols is 1. The molecule has 15 heavy (non-hydrogen) atoms. The Labute approximate surface area is 84.4 Å². The molecule has 0 saturated carbocycles. The highest BCUT2D eigenvalue weighted by Crippen LogP contribution is 2.28. The van der Waals surface area contributed by atoms with Crippen molar-refractivity contribution in [2.24, 2.45) is 0 Å². The van der Waals surface area contributed by atoms with E-state index in [1.54, 1.807) is 0 Å². The number of benzene rings is 2. The first-order valence-electron chi connectivity index (χ1n) is 4.24. The summed E-state index contributed by atoms with van der Waals surface area (Å²) in [6.45, 7) is 0. The van der Waals surface area contributed by atoms with Gasteiger partial charge in [0.1, 0.15) is 11.6 Å².